The highest BCUT2D eigenvalue weighted by Gasteiger charge is 2.47. The zero-order chi connectivity index (χ0) is 20.6. The number of anilines is 1. The Morgan fingerprint density at radius 1 is 0.966 bits per heavy atom. The zero-order valence-electron chi connectivity index (χ0n) is 15.6. The van der Waals surface area contributed by atoms with E-state index in [1.165, 1.54) is 9.21 Å². The second kappa shape index (κ2) is 7.87. The number of piperazine rings is 1. The van der Waals surface area contributed by atoms with E-state index >= 15 is 0 Å². The molecule has 0 aromatic heterocycles. The van der Waals surface area contributed by atoms with Crippen molar-refractivity contribution in [1.29, 1.82) is 0 Å². The Kier molecular flexibility index (Phi) is 5.44. The van der Waals surface area contributed by atoms with Gasteiger partial charge in [0.1, 0.15) is 0 Å². The summed E-state index contributed by atoms with van der Waals surface area (Å²) >= 11 is 6.00. The van der Waals surface area contributed by atoms with Gasteiger partial charge in [0, 0.05) is 5.02 Å². The molecular formula is C20H21ClN3O4S+. The van der Waals surface area contributed by atoms with Crippen molar-refractivity contribution in [3.8, 4) is 0 Å². The molecule has 2 aliphatic rings. The molecule has 9 heteroatoms. The quantitative estimate of drug-likeness (QED) is 0.713. The maximum atomic E-state index is 12.9. The number of imide groups is 1. The van der Waals surface area contributed by atoms with Crippen molar-refractivity contribution in [3.05, 3.63) is 59.6 Å². The minimum atomic E-state index is -3.55. The number of carbonyl (C=O) groups excluding carboxylic acids is 2. The first-order valence-electron chi connectivity index (χ1n) is 9.40. The van der Waals surface area contributed by atoms with Crippen molar-refractivity contribution in [1.82, 2.24) is 4.31 Å². The summed E-state index contributed by atoms with van der Waals surface area (Å²) in [4.78, 5) is 27.8. The van der Waals surface area contributed by atoms with Crippen molar-refractivity contribution in [2.45, 2.75) is 17.4 Å². The summed E-state index contributed by atoms with van der Waals surface area (Å²) in [5.74, 6) is -0.513. The molecular weight excluding hydrogens is 414 g/mol. The van der Waals surface area contributed by atoms with Crippen LogP contribution in [0.2, 0.25) is 5.02 Å². The third-order valence-corrected chi connectivity index (χ3v) is 7.60. The highest BCUT2D eigenvalue weighted by Crippen LogP contribution is 2.25. The fraction of sp³-hybridized carbons (Fsp3) is 0.300. The fourth-order valence-electron chi connectivity index (χ4n) is 3.94. The summed E-state index contributed by atoms with van der Waals surface area (Å²) in [6.07, 6.45) is 0.117. The van der Waals surface area contributed by atoms with Crippen LogP contribution in [0.15, 0.2) is 59.5 Å². The van der Waals surface area contributed by atoms with Crippen LogP contribution < -0.4 is 9.80 Å². The number of benzene rings is 2. The van der Waals surface area contributed by atoms with Gasteiger partial charge < -0.3 is 4.90 Å². The second-order valence-corrected chi connectivity index (χ2v) is 9.55. The molecule has 0 saturated carbocycles. The number of rotatable bonds is 4. The minimum absolute atomic E-state index is 0.117. The molecule has 2 fully saturated rings. The Labute approximate surface area is 174 Å². The summed E-state index contributed by atoms with van der Waals surface area (Å²) in [6, 6.07) is 14.5. The molecule has 0 radical (unpaired) electrons. The molecule has 0 bridgehead atoms. The summed E-state index contributed by atoms with van der Waals surface area (Å²) in [5.41, 5.74) is 0.472. The smallest absolute Gasteiger partial charge is 0.292 e. The van der Waals surface area contributed by atoms with Gasteiger partial charge in [0.05, 0.1) is 43.2 Å². The van der Waals surface area contributed by atoms with Crippen molar-refractivity contribution in [2.24, 2.45) is 0 Å². The topological polar surface area (TPSA) is 79.2 Å². The van der Waals surface area contributed by atoms with Gasteiger partial charge in [0.2, 0.25) is 15.9 Å². The fourth-order valence-corrected chi connectivity index (χ4v) is 5.59. The van der Waals surface area contributed by atoms with Crippen molar-refractivity contribution in [3.63, 3.8) is 0 Å². The standard InChI is InChI=1S/C20H20ClN3O4S/c21-15-5-4-6-16(13-15)24-19(25)14-18(20(24)26)22-9-11-23(12-10-22)29(27,28)17-7-2-1-3-8-17/h1-8,13,18H,9-12,14H2/p+1/t18-/m0/s1. The molecule has 2 heterocycles. The Hall–Kier alpha value is -2.26. The molecule has 1 atom stereocenters. The van der Waals surface area contributed by atoms with E-state index in [-0.39, 0.29) is 23.1 Å². The van der Waals surface area contributed by atoms with Gasteiger partial charge in [0.15, 0.2) is 6.04 Å². The van der Waals surface area contributed by atoms with Gasteiger partial charge >= 0.3 is 0 Å². The van der Waals surface area contributed by atoms with E-state index in [0.29, 0.717) is 36.9 Å². The third-order valence-electron chi connectivity index (χ3n) is 5.45. The maximum absolute atomic E-state index is 12.9. The Bertz CT molecular complexity index is 1040. The average molecular weight is 435 g/mol. The van der Waals surface area contributed by atoms with Gasteiger partial charge in [-0.2, -0.15) is 4.31 Å². The van der Waals surface area contributed by atoms with E-state index in [1.807, 2.05) is 0 Å². The van der Waals surface area contributed by atoms with E-state index in [4.69, 9.17) is 11.6 Å². The van der Waals surface area contributed by atoms with Gasteiger partial charge in [-0.3, -0.25) is 9.59 Å². The maximum Gasteiger partial charge on any atom is 0.292 e. The highest BCUT2D eigenvalue weighted by atomic mass is 35.5. The Balaban J connectivity index is 1.45. The largest absolute Gasteiger partial charge is 0.322 e. The number of halogens is 1. The van der Waals surface area contributed by atoms with Crippen molar-refractivity contribution in [2.75, 3.05) is 31.1 Å². The molecule has 0 spiro atoms. The lowest BCUT2D eigenvalue weighted by atomic mass is 10.2. The first kappa shape index (κ1) is 20.0. The number of nitrogens with zero attached hydrogens (tertiary/aromatic N) is 2. The zero-order valence-corrected chi connectivity index (χ0v) is 17.2. The monoisotopic (exact) mass is 434 g/mol. The molecule has 0 aliphatic carbocycles. The Morgan fingerprint density at radius 3 is 2.31 bits per heavy atom. The molecule has 29 heavy (non-hydrogen) atoms. The third kappa shape index (κ3) is 3.81. The van der Waals surface area contributed by atoms with Crippen LogP contribution >= 0.6 is 11.6 Å². The predicted molar refractivity (Wildman–Crippen MR) is 108 cm³/mol. The normalized spacial score (nSPS) is 21.7. The lowest BCUT2D eigenvalue weighted by Crippen LogP contribution is -3.19. The van der Waals surface area contributed by atoms with Gasteiger partial charge in [-0.05, 0) is 30.3 Å². The molecule has 2 aromatic rings. The number of nitrogens with one attached hydrogen (secondary N) is 1. The molecule has 1 N–H and O–H groups in total. The molecule has 2 saturated heterocycles. The van der Waals surface area contributed by atoms with Gasteiger partial charge in [-0.25, -0.2) is 13.3 Å². The first-order chi connectivity index (χ1) is 13.9. The number of hydrogen-bond donors (Lipinski definition) is 1. The van der Waals surface area contributed by atoms with Gasteiger partial charge in [0.25, 0.3) is 5.91 Å². The van der Waals surface area contributed by atoms with E-state index in [9.17, 15) is 18.0 Å². The van der Waals surface area contributed by atoms with Crippen LogP contribution in [0.1, 0.15) is 6.42 Å². The average Bonchev–Trinajstić information content (AvgIpc) is 3.03. The summed E-state index contributed by atoms with van der Waals surface area (Å²) in [7, 11) is -3.55. The van der Waals surface area contributed by atoms with Crippen molar-refractivity contribution >= 4 is 39.1 Å². The lowest BCUT2D eigenvalue weighted by Gasteiger charge is -2.33. The molecule has 4 rings (SSSR count). The van der Waals surface area contributed by atoms with E-state index in [2.05, 4.69) is 0 Å². The Morgan fingerprint density at radius 2 is 1.66 bits per heavy atom. The molecule has 7 nitrogen and oxygen atoms in total. The SMILES string of the molecule is O=C1C[C@H]([NH+]2CCN(S(=O)(=O)c3ccccc3)CC2)C(=O)N1c1cccc(Cl)c1. The minimum Gasteiger partial charge on any atom is -0.322 e. The van der Waals surface area contributed by atoms with Crippen LogP contribution in [0.4, 0.5) is 5.69 Å². The molecule has 0 unspecified atom stereocenters. The number of quaternary nitrogens is 1. The van der Waals surface area contributed by atoms with E-state index in [1.54, 1.807) is 54.6 Å². The van der Waals surface area contributed by atoms with Gasteiger partial charge in [-0.15, -0.1) is 0 Å². The molecule has 2 aliphatic heterocycles. The summed E-state index contributed by atoms with van der Waals surface area (Å²) in [6.45, 7) is 1.56. The highest BCUT2D eigenvalue weighted by molar-refractivity contribution is 7.89. The van der Waals surface area contributed by atoms with Crippen LogP contribution in [0.5, 0.6) is 0 Å². The lowest BCUT2D eigenvalue weighted by molar-refractivity contribution is -0.918. The number of sulfonamides is 1. The molecule has 2 amide bonds. The molecule has 2 aromatic carbocycles. The van der Waals surface area contributed by atoms with Crippen LogP contribution in [0, 0.1) is 0 Å². The van der Waals surface area contributed by atoms with Crippen LogP contribution in [-0.2, 0) is 19.6 Å². The molecule has 152 valence electrons. The van der Waals surface area contributed by atoms with Crippen molar-refractivity contribution < 1.29 is 22.9 Å². The predicted octanol–water partition coefficient (Wildman–Crippen LogP) is 0.561. The van der Waals surface area contributed by atoms with Gasteiger partial charge in [-0.1, -0.05) is 35.9 Å². The number of hydrogen-bond acceptors (Lipinski definition) is 4. The van der Waals surface area contributed by atoms with Crippen LogP contribution in [-0.4, -0.2) is 56.8 Å². The summed E-state index contributed by atoms with van der Waals surface area (Å²) in [5, 5.41) is 0.457. The number of amides is 2. The second-order valence-electron chi connectivity index (χ2n) is 7.18. The van der Waals surface area contributed by atoms with E-state index < -0.39 is 16.1 Å². The summed E-state index contributed by atoms with van der Waals surface area (Å²) < 4.78 is 27.0. The first-order valence-corrected chi connectivity index (χ1v) is 11.2. The van der Waals surface area contributed by atoms with Crippen LogP contribution in [0.25, 0.3) is 0 Å². The van der Waals surface area contributed by atoms with Crippen LogP contribution in [0.3, 0.4) is 0 Å². The number of carbonyl (C=O) groups is 2. The van der Waals surface area contributed by atoms with E-state index in [0.717, 1.165) is 4.90 Å².